The summed E-state index contributed by atoms with van der Waals surface area (Å²) < 4.78 is 0. The molecule has 2 rings (SSSR count). The molecule has 0 unspecified atom stereocenters. The van der Waals surface area contributed by atoms with E-state index in [1.165, 1.54) is 0 Å². The summed E-state index contributed by atoms with van der Waals surface area (Å²) in [6.07, 6.45) is 0.904. The van der Waals surface area contributed by atoms with E-state index in [9.17, 15) is 4.79 Å². The van der Waals surface area contributed by atoms with Gasteiger partial charge >= 0.3 is 0 Å². The van der Waals surface area contributed by atoms with Crippen LogP contribution in [0.1, 0.15) is 24.2 Å². The minimum Gasteiger partial charge on any atom is -0.371 e. The van der Waals surface area contributed by atoms with Gasteiger partial charge < -0.3 is 10.3 Å². The van der Waals surface area contributed by atoms with Gasteiger partial charge in [-0.2, -0.15) is 0 Å². The Morgan fingerprint density at radius 1 is 1.38 bits per heavy atom. The topological polar surface area (TPSA) is 44.9 Å². The van der Waals surface area contributed by atoms with Gasteiger partial charge in [0.2, 0.25) is 0 Å². The van der Waals surface area contributed by atoms with Gasteiger partial charge in [-0.15, -0.1) is 0 Å². The van der Waals surface area contributed by atoms with Gasteiger partial charge in [0, 0.05) is 17.4 Å². The minimum atomic E-state index is 0.547. The highest BCUT2D eigenvalue weighted by Gasteiger charge is 2.09. The summed E-state index contributed by atoms with van der Waals surface area (Å²) in [6, 6.07) is 7.83. The summed E-state index contributed by atoms with van der Waals surface area (Å²) in [5, 5.41) is 4.24. The molecule has 2 aromatic rings. The number of rotatable bonds is 4. The second-order valence-electron chi connectivity index (χ2n) is 4.35. The summed E-state index contributed by atoms with van der Waals surface area (Å²) >= 11 is 0. The van der Waals surface area contributed by atoms with Crippen LogP contribution in [0.4, 0.5) is 5.82 Å². The average molecular weight is 216 g/mol. The Morgan fingerprint density at radius 3 is 2.81 bits per heavy atom. The molecule has 0 saturated carbocycles. The maximum Gasteiger partial charge on any atom is 0.154 e. The Morgan fingerprint density at radius 2 is 2.12 bits per heavy atom. The molecule has 3 heteroatoms. The third-order valence-electron chi connectivity index (χ3n) is 2.55. The molecule has 0 saturated heterocycles. The van der Waals surface area contributed by atoms with Crippen molar-refractivity contribution in [1.29, 1.82) is 0 Å². The van der Waals surface area contributed by atoms with E-state index in [0.717, 1.165) is 35.1 Å². The largest absolute Gasteiger partial charge is 0.371 e. The van der Waals surface area contributed by atoms with Gasteiger partial charge in [0.25, 0.3) is 0 Å². The molecular weight excluding hydrogens is 200 g/mol. The Kier molecular flexibility index (Phi) is 2.95. The molecule has 0 bridgehead atoms. The fourth-order valence-electron chi connectivity index (χ4n) is 1.73. The van der Waals surface area contributed by atoms with E-state index >= 15 is 0 Å². The predicted octanol–water partition coefficient (Wildman–Crippen LogP) is 3.05. The van der Waals surface area contributed by atoms with Crippen molar-refractivity contribution in [2.45, 2.75) is 13.8 Å². The van der Waals surface area contributed by atoms with Crippen molar-refractivity contribution in [2.75, 3.05) is 11.9 Å². The first-order chi connectivity index (χ1) is 7.72. The van der Waals surface area contributed by atoms with Crippen LogP contribution in [0.3, 0.4) is 0 Å². The normalized spacial score (nSPS) is 10.9. The first-order valence-electron chi connectivity index (χ1n) is 5.52. The number of hydrogen-bond donors (Lipinski definition) is 2. The van der Waals surface area contributed by atoms with E-state index in [2.05, 4.69) is 24.1 Å². The van der Waals surface area contributed by atoms with Crippen molar-refractivity contribution in [3.05, 3.63) is 29.8 Å². The zero-order valence-electron chi connectivity index (χ0n) is 9.58. The fraction of sp³-hybridized carbons (Fsp3) is 0.308. The minimum absolute atomic E-state index is 0.547. The van der Waals surface area contributed by atoms with Gasteiger partial charge in [0.05, 0.1) is 5.56 Å². The van der Waals surface area contributed by atoms with Crippen LogP contribution < -0.4 is 5.32 Å². The lowest BCUT2D eigenvalue weighted by Crippen LogP contribution is -2.09. The highest BCUT2D eigenvalue weighted by molar-refractivity contribution is 6.03. The molecule has 3 nitrogen and oxygen atoms in total. The van der Waals surface area contributed by atoms with Crippen LogP contribution in [0.2, 0.25) is 0 Å². The number of aldehydes is 1. The van der Waals surface area contributed by atoms with E-state index < -0.39 is 0 Å². The number of aromatic amines is 1. The van der Waals surface area contributed by atoms with Crippen LogP contribution in [-0.2, 0) is 0 Å². The zero-order valence-corrected chi connectivity index (χ0v) is 9.58. The van der Waals surface area contributed by atoms with Crippen LogP contribution >= 0.6 is 0 Å². The number of carbonyl (C=O) groups excluding carboxylic acids is 1. The SMILES string of the molecule is CC(C)CNc1[nH]c2ccccc2c1C=O. The van der Waals surface area contributed by atoms with Crippen molar-refractivity contribution in [2.24, 2.45) is 5.92 Å². The van der Waals surface area contributed by atoms with E-state index in [1.54, 1.807) is 0 Å². The second-order valence-corrected chi connectivity index (χ2v) is 4.35. The molecule has 0 aliphatic heterocycles. The number of carbonyl (C=O) groups is 1. The van der Waals surface area contributed by atoms with Crippen LogP contribution in [0.25, 0.3) is 10.9 Å². The number of H-pyrrole nitrogens is 1. The van der Waals surface area contributed by atoms with E-state index in [-0.39, 0.29) is 0 Å². The lowest BCUT2D eigenvalue weighted by atomic mass is 10.2. The number of para-hydroxylation sites is 1. The van der Waals surface area contributed by atoms with Crippen molar-refractivity contribution in [3.8, 4) is 0 Å². The van der Waals surface area contributed by atoms with Crippen molar-refractivity contribution in [3.63, 3.8) is 0 Å². The van der Waals surface area contributed by atoms with Crippen LogP contribution in [0.5, 0.6) is 0 Å². The predicted molar refractivity (Wildman–Crippen MR) is 67.0 cm³/mol. The van der Waals surface area contributed by atoms with Crippen LogP contribution in [-0.4, -0.2) is 17.8 Å². The Balaban J connectivity index is 2.40. The molecular formula is C13H16N2O. The summed E-state index contributed by atoms with van der Waals surface area (Å²) in [5.74, 6) is 1.37. The van der Waals surface area contributed by atoms with Crippen LogP contribution in [0, 0.1) is 5.92 Å². The molecule has 0 aliphatic rings. The molecule has 1 aromatic heterocycles. The van der Waals surface area contributed by atoms with Crippen molar-refractivity contribution in [1.82, 2.24) is 4.98 Å². The lowest BCUT2D eigenvalue weighted by Gasteiger charge is -2.07. The lowest BCUT2D eigenvalue weighted by molar-refractivity contribution is 0.112. The average Bonchev–Trinajstić information content (AvgIpc) is 2.63. The Labute approximate surface area is 94.9 Å². The van der Waals surface area contributed by atoms with Gasteiger partial charge in [0.1, 0.15) is 5.82 Å². The number of fused-ring (bicyclic) bond motifs is 1. The first-order valence-corrected chi connectivity index (χ1v) is 5.52. The van der Waals surface area contributed by atoms with Gasteiger partial charge in [-0.1, -0.05) is 32.0 Å². The van der Waals surface area contributed by atoms with Gasteiger partial charge in [-0.05, 0) is 12.0 Å². The van der Waals surface area contributed by atoms with E-state index in [1.807, 2.05) is 24.3 Å². The highest BCUT2D eigenvalue weighted by Crippen LogP contribution is 2.24. The molecule has 0 atom stereocenters. The Hall–Kier alpha value is -1.77. The maximum absolute atomic E-state index is 11.1. The van der Waals surface area contributed by atoms with E-state index in [4.69, 9.17) is 0 Å². The van der Waals surface area contributed by atoms with Crippen molar-refractivity contribution >= 4 is 23.0 Å². The van der Waals surface area contributed by atoms with Gasteiger partial charge in [-0.3, -0.25) is 4.79 Å². The molecule has 0 aliphatic carbocycles. The molecule has 0 spiro atoms. The Bertz CT molecular complexity index is 500. The molecule has 0 amide bonds. The summed E-state index contributed by atoms with van der Waals surface area (Å²) in [4.78, 5) is 14.3. The zero-order chi connectivity index (χ0) is 11.5. The summed E-state index contributed by atoms with van der Waals surface area (Å²) in [5.41, 5.74) is 1.71. The highest BCUT2D eigenvalue weighted by atomic mass is 16.1. The molecule has 0 radical (unpaired) electrons. The molecule has 0 fully saturated rings. The third-order valence-corrected chi connectivity index (χ3v) is 2.55. The van der Waals surface area contributed by atoms with Gasteiger partial charge in [0.15, 0.2) is 6.29 Å². The number of aromatic nitrogens is 1. The van der Waals surface area contributed by atoms with E-state index in [0.29, 0.717) is 5.92 Å². The quantitative estimate of drug-likeness (QED) is 0.771. The number of anilines is 1. The molecule has 1 aromatic carbocycles. The monoisotopic (exact) mass is 216 g/mol. The second kappa shape index (κ2) is 4.39. The number of benzene rings is 1. The standard InChI is InChI=1S/C13H16N2O/c1-9(2)7-14-13-11(8-16)10-5-3-4-6-12(10)15-13/h3-6,8-9,14-15H,7H2,1-2H3. The fourth-order valence-corrected chi connectivity index (χ4v) is 1.73. The summed E-state index contributed by atoms with van der Waals surface area (Å²) in [6.45, 7) is 5.13. The smallest absolute Gasteiger partial charge is 0.154 e. The molecule has 16 heavy (non-hydrogen) atoms. The third kappa shape index (κ3) is 1.94. The number of nitrogens with one attached hydrogen (secondary N) is 2. The summed E-state index contributed by atoms with van der Waals surface area (Å²) in [7, 11) is 0. The molecule has 84 valence electrons. The first kappa shape index (κ1) is 10.7. The van der Waals surface area contributed by atoms with Crippen LogP contribution in [0.15, 0.2) is 24.3 Å². The molecule has 1 heterocycles. The van der Waals surface area contributed by atoms with Crippen molar-refractivity contribution < 1.29 is 4.79 Å². The van der Waals surface area contributed by atoms with Gasteiger partial charge in [-0.25, -0.2) is 0 Å². The molecule has 2 N–H and O–H groups in total. The number of hydrogen-bond acceptors (Lipinski definition) is 2. The maximum atomic E-state index is 11.1.